The van der Waals surface area contributed by atoms with E-state index in [1.54, 1.807) is 13.8 Å². The summed E-state index contributed by atoms with van der Waals surface area (Å²) in [5.41, 5.74) is 1.45. The fraction of sp³-hybridized carbons (Fsp3) is 0.667. The molecule has 114 valence electrons. The Balaban J connectivity index is 2.61. The van der Waals surface area contributed by atoms with Crippen LogP contribution in [0, 0.1) is 13.8 Å². The van der Waals surface area contributed by atoms with E-state index in [9.17, 15) is 13.2 Å². The molecule has 0 fully saturated rings. The summed E-state index contributed by atoms with van der Waals surface area (Å²) < 4.78 is 34.9. The van der Waals surface area contributed by atoms with Crippen LogP contribution in [0.5, 0.6) is 0 Å². The number of methoxy groups -OCH3 is 1. The Hall–Kier alpha value is -1.41. The van der Waals surface area contributed by atoms with E-state index in [1.807, 2.05) is 0 Å². The molecule has 0 bridgehead atoms. The SMILES string of the molecule is COC(=O)CCCS(=O)(=O)N(C)Cc1c(C)noc1C. The highest BCUT2D eigenvalue weighted by Crippen LogP contribution is 2.16. The Bertz CT molecular complexity index is 545. The molecule has 0 saturated carbocycles. The van der Waals surface area contributed by atoms with E-state index in [0.29, 0.717) is 11.5 Å². The van der Waals surface area contributed by atoms with Gasteiger partial charge < -0.3 is 9.26 Å². The van der Waals surface area contributed by atoms with Crippen LogP contribution >= 0.6 is 0 Å². The minimum absolute atomic E-state index is 0.0922. The number of rotatable bonds is 7. The van der Waals surface area contributed by atoms with Crippen molar-refractivity contribution in [3.63, 3.8) is 0 Å². The molecule has 7 nitrogen and oxygen atoms in total. The highest BCUT2D eigenvalue weighted by atomic mass is 32.2. The molecule has 0 spiro atoms. The van der Waals surface area contributed by atoms with Crippen LogP contribution in [-0.4, -0.2) is 43.8 Å². The molecule has 1 aromatic rings. The number of hydrogen-bond acceptors (Lipinski definition) is 6. The summed E-state index contributed by atoms with van der Waals surface area (Å²) in [6.07, 6.45) is 0.329. The number of aryl methyl sites for hydroxylation is 2. The van der Waals surface area contributed by atoms with Gasteiger partial charge in [-0.2, -0.15) is 0 Å². The Morgan fingerprint density at radius 3 is 2.55 bits per heavy atom. The molecule has 0 atom stereocenters. The first-order chi connectivity index (χ1) is 9.27. The van der Waals surface area contributed by atoms with Gasteiger partial charge in [-0.3, -0.25) is 4.79 Å². The number of hydrogen-bond donors (Lipinski definition) is 0. The van der Waals surface area contributed by atoms with E-state index in [0.717, 1.165) is 5.56 Å². The molecule has 0 aliphatic heterocycles. The average Bonchev–Trinajstić information content (AvgIpc) is 2.70. The molecule has 0 N–H and O–H groups in total. The number of nitrogens with zero attached hydrogens (tertiary/aromatic N) is 2. The highest BCUT2D eigenvalue weighted by molar-refractivity contribution is 7.89. The zero-order chi connectivity index (χ0) is 15.3. The third kappa shape index (κ3) is 4.31. The summed E-state index contributed by atoms with van der Waals surface area (Å²) in [7, 11) is -0.640. The van der Waals surface area contributed by atoms with Gasteiger partial charge in [-0.05, 0) is 20.3 Å². The number of carbonyl (C=O) groups is 1. The van der Waals surface area contributed by atoms with Crippen molar-refractivity contribution in [2.24, 2.45) is 0 Å². The summed E-state index contributed by atoms with van der Waals surface area (Å²) in [4.78, 5) is 11.0. The Labute approximate surface area is 118 Å². The van der Waals surface area contributed by atoms with Gasteiger partial charge in [0, 0.05) is 25.6 Å². The zero-order valence-corrected chi connectivity index (χ0v) is 13.0. The highest BCUT2D eigenvalue weighted by Gasteiger charge is 2.21. The van der Waals surface area contributed by atoms with Crippen LogP contribution in [-0.2, 0) is 26.1 Å². The molecule has 0 unspecified atom stereocenters. The van der Waals surface area contributed by atoms with Crippen molar-refractivity contribution < 1.29 is 22.5 Å². The second-order valence-electron chi connectivity index (χ2n) is 4.55. The van der Waals surface area contributed by atoms with Gasteiger partial charge in [-0.15, -0.1) is 0 Å². The maximum atomic E-state index is 12.1. The summed E-state index contributed by atoms with van der Waals surface area (Å²) in [5, 5.41) is 3.79. The van der Waals surface area contributed by atoms with Gasteiger partial charge in [0.1, 0.15) is 5.76 Å². The molecule has 0 saturated heterocycles. The summed E-state index contributed by atoms with van der Waals surface area (Å²) in [6.45, 7) is 3.72. The average molecular weight is 304 g/mol. The fourth-order valence-corrected chi connectivity index (χ4v) is 2.85. The first-order valence-corrected chi connectivity index (χ1v) is 7.81. The number of aromatic nitrogens is 1. The van der Waals surface area contributed by atoms with Crippen LogP contribution < -0.4 is 0 Å². The van der Waals surface area contributed by atoms with Crippen LogP contribution in [0.25, 0.3) is 0 Å². The quantitative estimate of drug-likeness (QED) is 0.698. The summed E-state index contributed by atoms with van der Waals surface area (Å²) in [6, 6.07) is 0. The van der Waals surface area contributed by atoms with Gasteiger partial charge in [0.15, 0.2) is 0 Å². The second kappa shape index (κ2) is 6.85. The lowest BCUT2D eigenvalue weighted by Crippen LogP contribution is -2.29. The van der Waals surface area contributed by atoms with E-state index >= 15 is 0 Å². The van der Waals surface area contributed by atoms with E-state index in [-0.39, 0.29) is 25.1 Å². The minimum Gasteiger partial charge on any atom is -0.469 e. The molecular weight excluding hydrogens is 284 g/mol. The van der Waals surface area contributed by atoms with Crippen molar-refractivity contribution in [2.75, 3.05) is 19.9 Å². The topological polar surface area (TPSA) is 89.7 Å². The molecule has 1 heterocycles. The van der Waals surface area contributed by atoms with Gasteiger partial charge in [0.2, 0.25) is 10.0 Å². The Kier molecular flexibility index (Phi) is 5.70. The smallest absolute Gasteiger partial charge is 0.305 e. The van der Waals surface area contributed by atoms with Gasteiger partial charge >= 0.3 is 5.97 Å². The van der Waals surface area contributed by atoms with Crippen molar-refractivity contribution in [2.45, 2.75) is 33.2 Å². The maximum Gasteiger partial charge on any atom is 0.305 e. The minimum atomic E-state index is -3.42. The van der Waals surface area contributed by atoms with Gasteiger partial charge in [0.25, 0.3) is 0 Å². The summed E-state index contributed by atoms with van der Waals surface area (Å²) >= 11 is 0. The molecule has 8 heteroatoms. The normalized spacial score (nSPS) is 11.8. The van der Waals surface area contributed by atoms with E-state index in [4.69, 9.17) is 4.52 Å². The Morgan fingerprint density at radius 2 is 2.05 bits per heavy atom. The molecule has 0 radical (unpaired) electrons. The predicted molar refractivity (Wildman–Crippen MR) is 72.5 cm³/mol. The largest absolute Gasteiger partial charge is 0.469 e. The number of carbonyl (C=O) groups excluding carboxylic acids is 1. The van der Waals surface area contributed by atoms with Crippen molar-refractivity contribution >= 4 is 16.0 Å². The lowest BCUT2D eigenvalue weighted by molar-refractivity contribution is -0.140. The summed E-state index contributed by atoms with van der Waals surface area (Å²) in [5.74, 6) is 0.106. The standard InChI is InChI=1S/C12H20N2O5S/c1-9-11(10(2)19-13-9)8-14(3)20(16,17)7-5-6-12(15)18-4/h5-8H2,1-4H3. The molecule has 0 aliphatic rings. The molecule has 1 rings (SSSR count). The van der Waals surface area contributed by atoms with E-state index in [1.165, 1.54) is 18.5 Å². The van der Waals surface area contributed by atoms with Crippen LogP contribution in [0.1, 0.15) is 29.9 Å². The molecular formula is C12H20N2O5S. The van der Waals surface area contributed by atoms with E-state index in [2.05, 4.69) is 9.89 Å². The lowest BCUT2D eigenvalue weighted by atomic mass is 10.2. The molecule has 0 amide bonds. The first-order valence-electron chi connectivity index (χ1n) is 6.20. The zero-order valence-electron chi connectivity index (χ0n) is 12.2. The van der Waals surface area contributed by atoms with Crippen molar-refractivity contribution in [1.29, 1.82) is 0 Å². The fourth-order valence-electron chi connectivity index (χ4n) is 1.71. The molecule has 1 aromatic heterocycles. The van der Waals surface area contributed by atoms with Gasteiger partial charge in [0.05, 0.1) is 18.6 Å². The first kappa shape index (κ1) is 16.6. The number of ether oxygens (including phenoxy) is 1. The maximum absolute atomic E-state index is 12.1. The van der Waals surface area contributed by atoms with E-state index < -0.39 is 16.0 Å². The number of esters is 1. The Morgan fingerprint density at radius 1 is 1.40 bits per heavy atom. The van der Waals surface area contributed by atoms with Crippen LogP contribution in [0.2, 0.25) is 0 Å². The van der Waals surface area contributed by atoms with Gasteiger partial charge in [-0.1, -0.05) is 5.16 Å². The lowest BCUT2D eigenvalue weighted by Gasteiger charge is -2.16. The van der Waals surface area contributed by atoms with Crippen LogP contribution in [0.4, 0.5) is 0 Å². The van der Waals surface area contributed by atoms with Gasteiger partial charge in [-0.25, -0.2) is 12.7 Å². The predicted octanol–water partition coefficient (Wildman–Crippen LogP) is 1.01. The monoisotopic (exact) mass is 304 g/mol. The van der Waals surface area contributed by atoms with Crippen LogP contribution in [0.3, 0.4) is 0 Å². The number of sulfonamides is 1. The second-order valence-corrected chi connectivity index (χ2v) is 6.75. The van der Waals surface area contributed by atoms with Crippen molar-refractivity contribution in [1.82, 2.24) is 9.46 Å². The molecule has 20 heavy (non-hydrogen) atoms. The molecule has 0 aromatic carbocycles. The third-order valence-corrected chi connectivity index (χ3v) is 4.93. The molecule has 0 aliphatic carbocycles. The third-order valence-electron chi connectivity index (χ3n) is 3.05. The van der Waals surface area contributed by atoms with Crippen molar-refractivity contribution in [3.8, 4) is 0 Å². The van der Waals surface area contributed by atoms with Crippen LogP contribution in [0.15, 0.2) is 4.52 Å². The van der Waals surface area contributed by atoms with Crippen molar-refractivity contribution in [3.05, 3.63) is 17.0 Å².